The van der Waals surface area contributed by atoms with Crippen LogP contribution in [0.15, 0.2) is 48.5 Å². The van der Waals surface area contributed by atoms with Crippen molar-refractivity contribution < 1.29 is 9.47 Å². The zero-order valence-electron chi connectivity index (χ0n) is 11.8. The van der Waals surface area contributed by atoms with Crippen molar-refractivity contribution >= 4 is 0 Å². The minimum absolute atomic E-state index is 0.506. The van der Waals surface area contributed by atoms with Gasteiger partial charge in [-0.15, -0.1) is 0 Å². The monoisotopic (exact) mass is 271 g/mol. The maximum absolute atomic E-state index is 5.79. The fourth-order valence-electron chi connectivity index (χ4n) is 2.04. The Morgan fingerprint density at radius 3 is 2.45 bits per heavy atom. The summed E-state index contributed by atoms with van der Waals surface area (Å²) >= 11 is 0. The van der Waals surface area contributed by atoms with E-state index in [0.29, 0.717) is 6.61 Å². The Kier molecular flexibility index (Phi) is 5.44. The Bertz CT molecular complexity index is 523. The van der Waals surface area contributed by atoms with Crippen molar-refractivity contribution in [2.45, 2.75) is 19.4 Å². The highest BCUT2D eigenvalue weighted by molar-refractivity contribution is 5.33. The predicted molar refractivity (Wildman–Crippen MR) is 81.1 cm³/mol. The fourth-order valence-corrected chi connectivity index (χ4v) is 2.04. The molecule has 0 aliphatic heterocycles. The Balaban J connectivity index is 1.93. The van der Waals surface area contributed by atoms with E-state index in [0.717, 1.165) is 36.4 Å². The minimum atomic E-state index is 0.506. The van der Waals surface area contributed by atoms with Crippen molar-refractivity contribution in [2.24, 2.45) is 5.73 Å². The Hall–Kier alpha value is -2.00. The van der Waals surface area contributed by atoms with Crippen LogP contribution >= 0.6 is 0 Å². The van der Waals surface area contributed by atoms with Gasteiger partial charge in [0, 0.05) is 5.56 Å². The minimum Gasteiger partial charge on any atom is -0.496 e. The highest BCUT2D eigenvalue weighted by Crippen LogP contribution is 2.20. The van der Waals surface area contributed by atoms with Gasteiger partial charge in [-0.2, -0.15) is 0 Å². The van der Waals surface area contributed by atoms with Crippen molar-refractivity contribution in [2.75, 3.05) is 13.7 Å². The first-order valence-electron chi connectivity index (χ1n) is 6.87. The van der Waals surface area contributed by atoms with Crippen LogP contribution in [0.25, 0.3) is 0 Å². The average Bonchev–Trinajstić information content (AvgIpc) is 2.52. The van der Waals surface area contributed by atoms with Crippen LogP contribution in [0, 0.1) is 0 Å². The fraction of sp³-hybridized carbons (Fsp3) is 0.294. The lowest BCUT2D eigenvalue weighted by Gasteiger charge is -2.10. The molecule has 2 aromatic rings. The number of para-hydroxylation sites is 1. The van der Waals surface area contributed by atoms with E-state index >= 15 is 0 Å². The molecule has 3 heteroatoms. The molecule has 0 aliphatic carbocycles. The van der Waals surface area contributed by atoms with Crippen molar-refractivity contribution in [3.05, 3.63) is 59.7 Å². The standard InChI is InChI=1S/C17H21NO2/c1-19-17-7-3-2-6-15(17)13-20-16-10-8-14(9-11-16)5-4-12-18/h2-3,6-11H,4-5,12-13,18H2,1H3. The predicted octanol–water partition coefficient (Wildman–Crippen LogP) is 3.17. The second-order valence-corrected chi connectivity index (χ2v) is 4.64. The number of aryl methyl sites for hydroxylation is 1. The van der Waals surface area contributed by atoms with Gasteiger partial charge in [0.15, 0.2) is 0 Å². The molecule has 0 aliphatic rings. The summed E-state index contributed by atoms with van der Waals surface area (Å²) in [5, 5.41) is 0. The van der Waals surface area contributed by atoms with Crippen LogP contribution in [-0.2, 0) is 13.0 Å². The molecule has 0 aromatic heterocycles. The highest BCUT2D eigenvalue weighted by atomic mass is 16.5. The zero-order valence-corrected chi connectivity index (χ0v) is 11.8. The molecule has 3 nitrogen and oxygen atoms in total. The van der Waals surface area contributed by atoms with E-state index in [1.807, 2.05) is 36.4 Å². The van der Waals surface area contributed by atoms with E-state index in [4.69, 9.17) is 15.2 Å². The topological polar surface area (TPSA) is 44.5 Å². The average molecular weight is 271 g/mol. The van der Waals surface area contributed by atoms with Gasteiger partial charge in [0.1, 0.15) is 18.1 Å². The van der Waals surface area contributed by atoms with Gasteiger partial charge in [0.05, 0.1) is 7.11 Å². The number of benzene rings is 2. The van der Waals surface area contributed by atoms with E-state index in [1.54, 1.807) is 7.11 Å². The maximum atomic E-state index is 5.79. The van der Waals surface area contributed by atoms with Crippen molar-refractivity contribution in [3.63, 3.8) is 0 Å². The lowest BCUT2D eigenvalue weighted by atomic mass is 10.1. The molecule has 0 unspecified atom stereocenters. The summed E-state index contributed by atoms with van der Waals surface area (Å²) in [4.78, 5) is 0. The number of rotatable bonds is 7. The molecule has 0 bridgehead atoms. The van der Waals surface area contributed by atoms with Crippen LogP contribution in [0.4, 0.5) is 0 Å². The summed E-state index contributed by atoms with van der Waals surface area (Å²) in [5.41, 5.74) is 7.84. The summed E-state index contributed by atoms with van der Waals surface area (Å²) in [6.07, 6.45) is 2.03. The quantitative estimate of drug-likeness (QED) is 0.841. The molecular weight excluding hydrogens is 250 g/mol. The lowest BCUT2D eigenvalue weighted by Crippen LogP contribution is -2.00. The van der Waals surface area contributed by atoms with E-state index in [-0.39, 0.29) is 0 Å². The molecule has 0 fully saturated rings. The number of hydrogen-bond donors (Lipinski definition) is 1. The Morgan fingerprint density at radius 2 is 1.75 bits per heavy atom. The van der Waals surface area contributed by atoms with Gasteiger partial charge >= 0.3 is 0 Å². The van der Waals surface area contributed by atoms with Crippen LogP contribution in [0.5, 0.6) is 11.5 Å². The molecule has 0 atom stereocenters. The van der Waals surface area contributed by atoms with Gasteiger partial charge in [0.2, 0.25) is 0 Å². The normalized spacial score (nSPS) is 10.3. The third kappa shape index (κ3) is 4.00. The Morgan fingerprint density at radius 1 is 1.00 bits per heavy atom. The smallest absolute Gasteiger partial charge is 0.125 e. The first-order chi connectivity index (χ1) is 9.83. The third-order valence-corrected chi connectivity index (χ3v) is 3.18. The Labute approximate surface area is 120 Å². The van der Waals surface area contributed by atoms with Crippen LogP contribution < -0.4 is 15.2 Å². The van der Waals surface area contributed by atoms with Crippen molar-refractivity contribution in [1.29, 1.82) is 0 Å². The van der Waals surface area contributed by atoms with Crippen LogP contribution in [0.1, 0.15) is 17.5 Å². The molecule has 2 aromatic carbocycles. The largest absolute Gasteiger partial charge is 0.496 e. The van der Waals surface area contributed by atoms with E-state index in [1.165, 1.54) is 5.56 Å². The van der Waals surface area contributed by atoms with E-state index < -0.39 is 0 Å². The number of hydrogen-bond acceptors (Lipinski definition) is 3. The van der Waals surface area contributed by atoms with Gasteiger partial charge in [-0.05, 0) is 43.1 Å². The van der Waals surface area contributed by atoms with Crippen LogP contribution in [-0.4, -0.2) is 13.7 Å². The maximum Gasteiger partial charge on any atom is 0.125 e. The van der Waals surface area contributed by atoms with E-state index in [9.17, 15) is 0 Å². The summed E-state index contributed by atoms with van der Waals surface area (Å²) in [6, 6.07) is 16.1. The summed E-state index contributed by atoms with van der Waals surface area (Å²) in [5.74, 6) is 1.72. The molecule has 2 rings (SSSR count). The number of methoxy groups -OCH3 is 1. The second-order valence-electron chi connectivity index (χ2n) is 4.64. The van der Waals surface area contributed by atoms with Gasteiger partial charge in [-0.3, -0.25) is 0 Å². The van der Waals surface area contributed by atoms with Crippen LogP contribution in [0.2, 0.25) is 0 Å². The molecule has 0 saturated carbocycles. The molecule has 20 heavy (non-hydrogen) atoms. The van der Waals surface area contributed by atoms with E-state index in [2.05, 4.69) is 12.1 Å². The molecule has 2 N–H and O–H groups in total. The molecule has 0 spiro atoms. The lowest BCUT2D eigenvalue weighted by molar-refractivity contribution is 0.296. The first-order valence-corrected chi connectivity index (χ1v) is 6.87. The molecule has 0 saturated heterocycles. The third-order valence-electron chi connectivity index (χ3n) is 3.18. The number of ether oxygens (including phenoxy) is 2. The van der Waals surface area contributed by atoms with Crippen molar-refractivity contribution in [1.82, 2.24) is 0 Å². The highest BCUT2D eigenvalue weighted by Gasteiger charge is 2.02. The van der Waals surface area contributed by atoms with Gasteiger partial charge in [-0.1, -0.05) is 30.3 Å². The molecule has 0 amide bonds. The van der Waals surface area contributed by atoms with Gasteiger partial charge < -0.3 is 15.2 Å². The van der Waals surface area contributed by atoms with Crippen molar-refractivity contribution in [3.8, 4) is 11.5 Å². The SMILES string of the molecule is COc1ccccc1COc1ccc(CCCN)cc1. The van der Waals surface area contributed by atoms with Crippen LogP contribution in [0.3, 0.4) is 0 Å². The van der Waals surface area contributed by atoms with Gasteiger partial charge in [0.25, 0.3) is 0 Å². The molecule has 106 valence electrons. The first kappa shape index (κ1) is 14.4. The molecular formula is C17H21NO2. The molecule has 0 heterocycles. The summed E-state index contributed by atoms with van der Waals surface area (Å²) < 4.78 is 11.1. The summed E-state index contributed by atoms with van der Waals surface area (Å²) in [6.45, 7) is 1.23. The molecule has 0 radical (unpaired) electrons. The number of nitrogens with two attached hydrogens (primary N) is 1. The summed E-state index contributed by atoms with van der Waals surface area (Å²) in [7, 11) is 1.67. The second kappa shape index (κ2) is 7.56. The van der Waals surface area contributed by atoms with Gasteiger partial charge in [-0.25, -0.2) is 0 Å². The zero-order chi connectivity index (χ0) is 14.2.